The Morgan fingerprint density at radius 1 is 1.17 bits per heavy atom. The summed E-state index contributed by atoms with van der Waals surface area (Å²) in [5.41, 5.74) is 2.19. The van der Waals surface area contributed by atoms with Crippen molar-refractivity contribution < 1.29 is 0 Å². The van der Waals surface area contributed by atoms with Gasteiger partial charge in [-0.25, -0.2) is 9.97 Å². The van der Waals surface area contributed by atoms with Gasteiger partial charge in [0.05, 0.1) is 0 Å². The van der Waals surface area contributed by atoms with Gasteiger partial charge in [-0.3, -0.25) is 0 Å². The molecule has 18 heavy (non-hydrogen) atoms. The average Bonchev–Trinajstić information content (AvgIpc) is 2.39. The molecule has 0 N–H and O–H groups in total. The van der Waals surface area contributed by atoms with Gasteiger partial charge in [0.2, 0.25) is 5.95 Å². The maximum Gasteiger partial charge on any atom is 0.225 e. The van der Waals surface area contributed by atoms with Crippen LogP contribution in [0.15, 0.2) is 42.6 Å². The van der Waals surface area contributed by atoms with Crippen LogP contribution in [-0.4, -0.2) is 22.4 Å². The molecule has 0 atom stereocenters. The third-order valence-electron chi connectivity index (χ3n) is 2.64. The molecule has 0 bridgehead atoms. The van der Waals surface area contributed by atoms with E-state index in [4.69, 9.17) is 11.6 Å². The van der Waals surface area contributed by atoms with Crippen molar-refractivity contribution in [2.24, 2.45) is 0 Å². The molecular weight excluding hydrogens is 246 g/mol. The van der Waals surface area contributed by atoms with Crippen molar-refractivity contribution in [1.29, 1.82) is 0 Å². The van der Waals surface area contributed by atoms with Crippen LogP contribution >= 0.6 is 11.6 Å². The number of aryl methyl sites for hydroxylation is 1. The molecule has 3 nitrogen and oxygen atoms in total. The molecule has 0 fully saturated rings. The fourth-order valence-electron chi connectivity index (χ4n) is 1.74. The second-order valence-electron chi connectivity index (χ2n) is 4.09. The van der Waals surface area contributed by atoms with E-state index in [0.29, 0.717) is 5.88 Å². The monoisotopic (exact) mass is 261 g/mol. The zero-order chi connectivity index (χ0) is 12.8. The Kier molecular flexibility index (Phi) is 4.53. The Bertz CT molecular complexity index is 487. The summed E-state index contributed by atoms with van der Waals surface area (Å²) in [5, 5.41) is 0. The number of alkyl halides is 1. The molecule has 0 aliphatic rings. The highest BCUT2D eigenvalue weighted by molar-refractivity contribution is 6.18. The van der Waals surface area contributed by atoms with Gasteiger partial charge < -0.3 is 4.90 Å². The highest BCUT2D eigenvalue weighted by Gasteiger charge is 2.09. The van der Waals surface area contributed by atoms with Crippen LogP contribution in [0.2, 0.25) is 0 Å². The molecule has 2 rings (SSSR count). The van der Waals surface area contributed by atoms with Crippen LogP contribution in [0.5, 0.6) is 0 Å². The van der Waals surface area contributed by atoms with Gasteiger partial charge in [0.1, 0.15) is 0 Å². The Balaban J connectivity index is 2.18. The Labute approximate surface area is 112 Å². The van der Waals surface area contributed by atoms with Gasteiger partial charge in [0, 0.05) is 30.9 Å². The highest BCUT2D eigenvalue weighted by Crippen LogP contribution is 2.12. The second-order valence-corrected chi connectivity index (χ2v) is 4.47. The molecule has 0 unspecified atom stereocenters. The van der Waals surface area contributed by atoms with Crippen molar-refractivity contribution in [3.05, 3.63) is 53.9 Å². The Morgan fingerprint density at radius 2 is 1.94 bits per heavy atom. The van der Waals surface area contributed by atoms with Crippen LogP contribution < -0.4 is 4.90 Å². The molecule has 2 aromatic rings. The van der Waals surface area contributed by atoms with Crippen LogP contribution in [0.25, 0.3) is 0 Å². The fraction of sp³-hybridized carbons (Fsp3) is 0.286. The number of aromatic nitrogens is 2. The number of benzene rings is 1. The summed E-state index contributed by atoms with van der Waals surface area (Å²) in [6, 6.07) is 12.2. The van der Waals surface area contributed by atoms with Gasteiger partial charge in [-0.2, -0.15) is 0 Å². The smallest absolute Gasteiger partial charge is 0.225 e. The summed E-state index contributed by atoms with van der Waals surface area (Å²) in [4.78, 5) is 10.8. The van der Waals surface area contributed by atoms with E-state index >= 15 is 0 Å². The van der Waals surface area contributed by atoms with E-state index in [1.54, 1.807) is 6.20 Å². The number of anilines is 1. The van der Waals surface area contributed by atoms with Crippen molar-refractivity contribution in [2.75, 3.05) is 17.3 Å². The van der Waals surface area contributed by atoms with Gasteiger partial charge in [-0.05, 0) is 18.6 Å². The van der Waals surface area contributed by atoms with Gasteiger partial charge in [0.25, 0.3) is 0 Å². The topological polar surface area (TPSA) is 29.0 Å². The summed E-state index contributed by atoms with van der Waals surface area (Å²) in [5.74, 6) is 1.30. The lowest BCUT2D eigenvalue weighted by molar-refractivity contribution is 0.790. The molecule has 0 aliphatic carbocycles. The predicted molar refractivity (Wildman–Crippen MR) is 75.0 cm³/mol. The third kappa shape index (κ3) is 3.44. The highest BCUT2D eigenvalue weighted by atomic mass is 35.5. The fourth-order valence-corrected chi connectivity index (χ4v) is 1.95. The number of hydrogen-bond donors (Lipinski definition) is 0. The summed E-state index contributed by atoms with van der Waals surface area (Å²) in [6.45, 7) is 3.48. The standard InChI is InChI=1S/C14H16ClN3/c1-12-7-9-16-14(17-12)18(10-8-15)11-13-5-3-2-4-6-13/h2-7,9H,8,10-11H2,1H3. The number of hydrogen-bond acceptors (Lipinski definition) is 3. The summed E-state index contributed by atoms with van der Waals surface area (Å²) < 4.78 is 0. The molecule has 0 radical (unpaired) electrons. The van der Waals surface area contributed by atoms with Crippen molar-refractivity contribution in [1.82, 2.24) is 9.97 Å². The van der Waals surface area contributed by atoms with E-state index in [1.165, 1.54) is 5.56 Å². The van der Waals surface area contributed by atoms with E-state index in [9.17, 15) is 0 Å². The molecule has 0 saturated heterocycles. The lowest BCUT2D eigenvalue weighted by atomic mass is 10.2. The maximum absolute atomic E-state index is 5.85. The van der Waals surface area contributed by atoms with Crippen LogP contribution in [0.4, 0.5) is 5.95 Å². The Morgan fingerprint density at radius 3 is 2.61 bits per heavy atom. The predicted octanol–water partition coefficient (Wildman–Crippen LogP) is 3.03. The van der Waals surface area contributed by atoms with Gasteiger partial charge in [0.15, 0.2) is 0 Å². The SMILES string of the molecule is Cc1ccnc(N(CCCl)Cc2ccccc2)n1. The molecule has 1 aromatic carbocycles. The van der Waals surface area contributed by atoms with Gasteiger partial charge in [-0.1, -0.05) is 30.3 Å². The van der Waals surface area contributed by atoms with Gasteiger partial charge >= 0.3 is 0 Å². The number of halogens is 1. The van der Waals surface area contributed by atoms with Crippen LogP contribution in [0.3, 0.4) is 0 Å². The van der Waals surface area contributed by atoms with E-state index in [2.05, 4.69) is 27.0 Å². The van der Waals surface area contributed by atoms with E-state index in [1.807, 2.05) is 31.2 Å². The molecule has 1 aromatic heterocycles. The van der Waals surface area contributed by atoms with Crippen LogP contribution in [0, 0.1) is 6.92 Å². The van der Waals surface area contributed by atoms with Crippen LogP contribution in [0.1, 0.15) is 11.3 Å². The minimum Gasteiger partial charge on any atom is -0.335 e. The molecule has 4 heteroatoms. The van der Waals surface area contributed by atoms with E-state index in [0.717, 1.165) is 24.7 Å². The normalized spacial score (nSPS) is 10.3. The molecule has 1 heterocycles. The molecular formula is C14H16ClN3. The molecule has 0 saturated carbocycles. The zero-order valence-corrected chi connectivity index (χ0v) is 11.1. The van der Waals surface area contributed by atoms with Crippen molar-refractivity contribution in [3.8, 4) is 0 Å². The quantitative estimate of drug-likeness (QED) is 0.775. The lowest BCUT2D eigenvalue weighted by Crippen LogP contribution is -2.27. The third-order valence-corrected chi connectivity index (χ3v) is 2.80. The summed E-state index contributed by atoms with van der Waals surface area (Å²) >= 11 is 5.85. The molecule has 0 aliphatic heterocycles. The van der Waals surface area contributed by atoms with Crippen molar-refractivity contribution in [3.63, 3.8) is 0 Å². The largest absolute Gasteiger partial charge is 0.335 e. The Hall–Kier alpha value is -1.61. The summed E-state index contributed by atoms with van der Waals surface area (Å²) in [7, 11) is 0. The minimum absolute atomic E-state index is 0.560. The first-order valence-electron chi connectivity index (χ1n) is 5.94. The van der Waals surface area contributed by atoms with Crippen LogP contribution in [-0.2, 0) is 6.54 Å². The average molecular weight is 262 g/mol. The maximum atomic E-state index is 5.85. The van der Waals surface area contributed by atoms with E-state index < -0.39 is 0 Å². The summed E-state index contributed by atoms with van der Waals surface area (Å²) in [6.07, 6.45) is 1.78. The van der Waals surface area contributed by atoms with E-state index in [-0.39, 0.29) is 0 Å². The first-order valence-corrected chi connectivity index (χ1v) is 6.47. The first-order chi connectivity index (χ1) is 8.79. The molecule has 94 valence electrons. The minimum atomic E-state index is 0.560. The second kappa shape index (κ2) is 6.36. The zero-order valence-electron chi connectivity index (χ0n) is 10.4. The molecule has 0 amide bonds. The molecule has 0 spiro atoms. The van der Waals surface area contributed by atoms with Crippen molar-refractivity contribution >= 4 is 17.5 Å². The number of rotatable bonds is 5. The first kappa shape index (κ1) is 12.8. The lowest BCUT2D eigenvalue weighted by Gasteiger charge is -2.21. The van der Waals surface area contributed by atoms with Crippen molar-refractivity contribution in [2.45, 2.75) is 13.5 Å². The number of nitrogens with zero attached hydrogens (tertiary/aromatic N) is 3. The van der Waals surface area contributed by atoms with Gasteiger partial charge in [-0.15, -0.1) is 11.6 Å².